The molecule has 0 spiro atoms. The molecule has 2 aromatic carbocycles. The van der Waals surface area contributed by atoms with Gasteiger partial charge in [0.15, 0.2) is 0 Å². The quantitative estimate of drug-likeness (QED) is 0.333. The van der Waals surface area contributed by atoms with E-state index >= 15 is 0 Å². The molecule has 0 saturated heterocycles. The Morgan fingerprint density at radius 2 is 1.71 bits per heavy atom. The summed E-state index contributed by atoms with van der Waals surface area (Å²) in [5, 5.41) is 12.3. The highest BCUT2D eigenvalue weighted by molar-refractivity contribution is 7.98. The van der Waals surface area contributed by atoms with E-state index in [1.165, 1.54) is 29.5 Å². The third kappa shape index (κ3) is 5.32. The van der Waals surface area contributed by atoms with Gasteiger partial charge in [-0.05, 0) is 23.6 Å². The van der Waals surface area contributed by atoms with E-state index in [1.807, 2.05) is 18.2 Å². The number of rotatable bonds is 7. The van der Waals surface area contributed by atoms with E-state index in [2.05, 4.69) is 39.4 Å². The van der Waals surface area contributed by atoms with E-state index in [4.69, 9.17) is 8.94 Å². The molecule has 0 radical (unpaired) electrons. The van der Waals surface area contributed by atoms with E-state index in [1.54, 1.807) is 0 Å². The van der Waals surface area contributed by atoms with Crippen LogP contribution in [0.5, 0.6) is 0 Å². The maximum atomic E-state index is 12.7. The lowest BCUT2D eigenvalue weighted by Crippen LogP contribution is -2.04. The third-order valence-electron chi connectivity index (χ3n) is 4.56. The summed E-state index contributed by atoms with van der Waals surface area (Å²) in [7, 11) is 0. The molecule has 2 heterocycles. The van der Waals surface area contributed by atoms with Gasteiger partial charge in [-0.2, -0.15) is 18.2 Å². The van der Waals surface area contributed by atoms with Crippen LogP contribution in [0.3, 0.4) is 0 Å². The zero-order valence-electron chi connectivity index (χ0n) is 16.3. The molecule has 31 heavy (non-hydrogen) atoms. The molecular weight excluding hydrogens is 429 g/mol. The van der Waals surface area contributed by atoms with Crippen LogP contribution < -0.4 is 0 Å². The maximum Gasteiger partial charge on any atom is 0.416 e. The first kappa shape index (κ1) is 21.1. The first-order chi connectivity index (χ1) is 14.9. The van der Waals surface area contributed by atoms with Crippen molar-refractivity contribution in [3.8, 4) is 11.4 Å². The van der Waals surface area contributed by atoms with Crippen LogP contribution in [-0.2, 0) is 18.3 Å². The van der Waals surface area contributed by atoms with Crippen molar-refractivity contribution in [2.45, 2.75) is 36.4 Å². The molecule has 10 heteroatoms. The predicted molar refractivity (Wildman–Crippen MR) is 107 cm³/mol. The van der Waals surface area contributed by atoms with Crippen LogP contribution in [-0.4, -0.2) is 20.3 Å². The monoisotopic (exact) mass is 446 g/mol. The van der Waals surface area contributed by atoms with Crippen molar-refractivity contribution < 1.29 is 22.1 Å². The predicted octanol–water partition coefficient (Wildman–Crippen LogP) is 5.78. The molecular formula is C21H17F3N4O2S. The van der Waals surface area contributed by atoms with Gasteiger partial charge in [-0.25, -0.2) is 0 Å². The SMILES string of the molecule is CC(Cc1nnc(SCc2nc(-c3ccc(C(F)(F)F)cc3)no2)o1)c1ccccc1. The summed E-state index contributed by atoms with van der Waals surface area (Å²) in [4.78, 5) is 4.21. The Morgan fingerprint density at radius 1 is 0.968 bits per heavy atom. The lowest BCUT2D eigenvalue weighted by atomic mass is 9.98. The Balaban J connectivity index is 1.34. The largest absolute Gasteiger partial charge is 0.416 e. The van der Waals surface area contributed by atoms with E-state index in [9.17, 15) is 13.2 Å². The summed E-state index contributed by atoms with van der Waals surface area (Å²) >= 11 is 1.25. The average Bonchev–Trinajstić information content (AvgIpc) is 3.42. The summed E-state index contributed by atoms with van der Waals surface area (Å²) in [6, 6.07) is 14.6. The molecule has 1 atom stereocenters. The number of benzene rings is 2. The normalized spacial score (nSPS) is 12.8. The van der Waals surface area contributed by atoms with E-state index in [0.717, 1.165) is 12.1 Å². The fourth-order valence-corrected chi connectivity index (χ4v) is 3.52. The van der Waals surface area contributed by atoms with Crippen LogP contribution in [0, 0.1) is 0 Å². The van der Waals surface area contributed by atoms with Gasteiger partial charge < -0.3 is 8.94 Å². The minimum absolute atomic E-state index is 0.215. The highest BCUT2D eigenvalue weighted by Gasteiger charge is 2.30. The van der Waals surface area contributed by atoms with Gasteiger partial charge in [-0.1, -0.05) is 66.3 Å². The standard InChI is InChI=1S/C21H17F3N4O2S/c1-13(14-5-3-2-4-6-14)11-17-26-27-20(29-17)31-12-18-25-19(28-30-18)15-7-9-16(10-8-15)21(22,23)24/h2-10,13H,11-12H2,1H3. The van der Waals surface area contributed by atoms with Gasteiger partial charge >= 0.3 is 6.18 Å². The summed E-state index contributed by atoms with van der Waals surface area (Å²) in [6.07, 6.45) is -3.77. The zero-order valence-corrected chi connectivity index (χ0v) is 17.2. The number of hydrogen-bond acceptors (Lipinski definition) is 7. The lowest BCUT2D eigenvalue weighted by molar-refractivity contribution is -0.137. The second-order valence-corrected chi connectivity index (χ2v) is 7.78. The van der Waals surface area contributed by atoms with Crippen molar-refractivity contribution in [2.24, 2.45) is 0 Å². The van der Waals surface area contributed by atoms with Gasteiger partial charge in [-0.15, -0.1) is 10.2 Å². The number of aromatic nitrogens is 4. The van der Waals surface area contributed by atoms with Crippen LogP contribution >= 0.6 is 11.8 Å². The highest BCUT2D eigenvalue weighted by atomic mass is 32.2. The number of nitrogens with zero attached hydrogens (tertiary/aromatic N) is 4. The molecule has 0 fully saturated rings. The van der Waals surface area contributed by atoms with Gasteiger partial charge in [0.25, 0.3) is 5.22 Å². The Bertz CT molecular complexity index is 1130. The molecule has 160 valence electrons. The number of hydrogen-bond donors (Lipinski definition) is 0. The smallest absolute Gasteiger partial charge is 0.416 e. The molecule has 4 rings (SSSR count). The second-order valence-electron chi connectivity index (χ2n) is 6.85. The van der Waals surface area contributed by atoms with Crippen molar-refractivity contribution in [2.75, 3.05) is 0 Å². The average molecular weight is 446 g/mol. The van der Waals surface area contributed by atoms with Crippen LogP contribution in [0.15, 0.2) is 68.8 Å². The van der Waals surface area contributed by atoms with E-state index in [0.29, 0.717) is 34.7 Å². The topological polar surface area (TPSA) is 77.8 Å². The molecule has 0 amide bonds. The van der Waals surface area contributed by atoms with Crippen LogP contribution in [0.1, 0.15) is 35.7 Å². The summed E-state index contributed by atoms with van der Waals surface area (Å²) < 4.78 is 48.9. The molecule has 0 aliphatic carbocycles. The fraction of sp³-hybridized carbons (Fsp3) is 0.238. The minimum Gasteiger partial charge on any atom is -0.416 e. The summed E-state index contributed by atoms with van der Waals surface area (Å²) in [5.41, 5.74) is 0.892. The van der Waals surface area contributed by atoms with Gasteiger partial charge in [0, 0.05) is 12.0 Å². The Hall–Kier alpha value is -3.14. The first-order valence-electron chi connectivity index (χ1n) is 9.39. The zero-order chi connectivity index (χ0) is 21.8. The van der Waals surface area contributed by atoms with Gasteiger partial charge in [-0.3, -0.25) is 0 Å². The van der Waals surface area contributed by atoms with Crippen molar-refractivity contribution in [3.63, 3.8) is 0 Å². The Kier molecular flexibility index (Phi) is 6.08. The molecule has 0 aliphatic heterocycles. The van der Waals surface area contributed by atoms with Gasteiger partial charge in [0.1, 0.15) is 0 Å². The molecule has 0 aliphatic rings. The first-order valence-corrected chi connectivity index (χ1v) is 10.4. The van der Waals surface area contributed by atoms with Crippen LogP contribution in [0.4, 0.5) is 13.2 Å². The van der Waals surface area contributed by atoms with Crippen LogP contribution in [0.25, 0.3) is 11.4 Å². The molecule has 2 aromatic heterocycles. The third-order valence-corrected chi connectivity index (χ3v) is 5.36. The number of alkyl halides is 3. The van der Waals surface area contributed by atoms with Crippen molar-refractivity contribution in [1.82, 2.24) is 20.3 Å². The maximum absolute atomic E-state index is 12.7. The van der Waals surface area contributed by atoms with E-state index < -0.39 is 11.7 Å². The molecule has 4 aromatic rings. The van der Waals surface area contributed by atoms with Crippen LogP contribution in [0.2, 0.25) is 0 Å². The molecule has 0 bridgehead atoms. The number of halogens is 3. The van der Waals surface area contributed by atoms with Gasteiger partial charge in [0.2, 0.25) is 17.6 Å². The molecule has 6 nitrogen and oxygen atoms in total. The van der Waals surface area contributed by atoms with Crippen molar-refractivity contribution in [3.05, 3.63) is 77.5 Å². The number of thioether (sulfide) groups is 1. The second kappa shape index (κ2) is 8.93. The Labute approximate surface area is 179 Å². The van der Waals surface area contributed by atoms with Gasteiger partial charge in [0.05, 0.1) is 11.3 Å². The minimum atomic E-state index is -4.39. The van der Waals surface area contributed by atoms with Crippen molar-refractivity contribution in [1.29, 1.82) is 0 Å². The summed E-state index contributed by atoms with van der Waals surface area (Å²) in [5.74, 6) is 1.59. The molecule has 0 saturated carbocycles. The Morgan fingerprint density at radius 3 is 2.42 bits per heavy atom. The van der Waals surface area contributed by atoms with E-state index in [-0.39, 0.29) is 11.7 Å². The summed E-state index contributed by atoms with van der Waals surface area (Å²) in [6.45, 7) is 2.09. The fourth-order valence-electron chi connectivity index (χ4n) is 2.90. The van der Waals surface area contributed by atoms with Crippen molar-refractivity contribution >= 4 is 11.8 Å². The lowest BCUT2D eigenvalue weighted by Gasteiger charge is -2.08. The molecule has 0 N–H and O–H groups in total. The molecule has 1 unspecified atom stereocenters. The highest BCUT2D eigenvalue weighted by Crippen LogP contribution is 2.31.